The Morgan fingerprint density at radius 2 is 1.81 bits per heavy atom. The number of anilines is 1. The quantitative estimate of drug-likeness (QED) is 0.433. The third-order valence-electron chi connectivity index (χ3n) is 3.71. The Balaban J connectivity index is 2.32. The van der Waals surface area contributed by atoms with E-state index in [4.69, 9.17) is 0 Å². The van der Waals surface area contributed by atoms with Gasteiger partial charge in [-0.15, -0.1) is 0 Å². The molecule has 1 N–H and O–H groups in total. The third-order valence-corrected chi connectivity index (χ3v) is 5.75. The van der Waals surface area contributed by atoms with Crippen molar-refractivity contribution in [3.8, 4) is 0 Å². The van der Waals surface area contributed by atoms with Crippen LogP contribution in [0.4, 0.5) is 11.4 Å². The van der Waals surface area contributed by atoms with Crippen molar-refractivity contribution in [2.75, 3.05) is 18.5 Å². The van der Waals surface area contributed by atoms with Crippen LogP contribution in [0, 0.1) is 10.1 Å². The lowest BCUT2D eigenvalue weighted by atomic mass is 10.2. The molecule has 0 aliphatic rings. The fraction of sp³-hybridized carbons (Fsp3) is 0.235. The summed E-state index contributed by atoms with van der Waals surface area (Å²) in [5, 5.41) is 15.3. The fourth-order valence-corrected chi connectivity index (χ4v) is 3.82. The van der Waals surface area contributed by atoms with Crippen molar-refractivity contribution >= 4 is 27.6 Å². The van der Waals surface area contributed by atoms with Gasteiger partial charge in [-0.1, -0.05) is 44.2 Å². The van der Waals surface area contributed by atoms with Gasteiger partial charge in [0.05, 0.1) is 16.0 Å². The Morgan fingerprint density at radius 1 is 1.15 bits per heavy atom. The maximum Gasteiger partial charge on any atom is 0.295 e. The van der Waals surface area contributed by atoms with E-state index < -0.39 is 14.9 Å². The van der Waals surface area contributed by atoms with Gasteiger partial charge in [-0.3, -0.25) is 15.5 Å². The molecule has 2 aromatic carbocycles. The zero-order chi connectivity index (χ0) is 19.2. The number of nitro benzene ring substituents is 1. The SMILES string of the molecule is CCN(CC)S(=O)(=O)c1ccc(N/N=C/c2ccccc2)c([N+](=O)[O-])c1. The number of sulfonamides is 1. The van der Waals surface area contributed by atoms with Gasteiger partial charge >= 0.3 is 0 Å². The van der Waals surface area contributed by atoms with E-state index in [0.717, 1.165) is 11.6 Å². The van der Waals surface area contributed by atoms with Crippen molar-refractivity contribution in [1.82, 2.24) is 4.31 Å². The minimum Gasteiger partial charge on any atom is -0.272 e. The van der Waals surface area contributed by atoms with E-state index >= 15 is 0 Å². The van der Waals surface area contributed by atoms with Crippen LogP contribution in [0.2, 0.25) is 0 Å². The van der Waals surface area contributed by atoms with Crippen molar-refractivity contribution in [1.29, 1.82) is 0 Å². The Labute approximate surface area is 152 Å². The van der Waals surface area contributed by atoms with E-state index in [2.05, 4.69) is 10.5 Å². The summed E-state index contributed by atoms with van der Waals surface area (Å²) in [5.41, 5.74) is 3.17. The summed E-state index contributed by atoms with van der Waals surface area (Å²) in [6.07, 6.45) is 1.52. The second kappa shape index (κ2) is 8.54. The van der Waals surface area contributed by atoms with E-state index in [0.29, 0.717) is 0 Å². The molecule has 0 aliphatic carbocycles. The average Bonchev–Trinajstić information content (AvgIpc) is 2.63. The summed E-state index contributed by atoms with van der Waals surface area (Å²) in [4.78, 5) is 10.6. The number of hydrogen-bond acceptors (Lipinski definition) is 6. The van der Waals surface area contributed by atoms with Crippen molar-refractivity contribution < 1.29 is 13.3 Å². The first-order chi connectivity index (χ1) is 12.4. The number of nitrogens with zero attached hydrogens (tertiary/aromatic N) is 3. The van der Waals surface area contributed by atoms with Gasteiger partial charge in [0.2, 0.25) is 10.0 Å². The number of nitro groups is 1. The van der Waals surface area contributed by atoms with Crippen LogP contribution in [0.25, 0.3) is 0 Å². The summed E-state index contributed by atoms with van der Waals surface area (Å²) in [6, 6.07) is 12.9. The molecule has 2 rings (SSSR count). The monoisotopic (exact) mass is 376 g/mol. The summed E-state index contributed by atoms with van der Waals surface area (Å²) >= 11 is 0. The molecule has 0 bridgehead atoms. The second-order valence-corrected chi connectivity index (χ2v) is 7.24. The molecule has 0 amide bonds. The Hall–Kier alpha value is -2.78. The lowest BCUT2D eigenvalue weighted by Crippen LogP contribution is -2.30. The summed E-state index contributed by atoms with van der Waals surface area (Å²) in [7, 11) is -3.77. The molecule has 0 radical (unpaired) electrons. The van der Waals surface area contributed by atoms with Gasteiger partial charge in [0, 0.05) is 19.2 Å². The van der Waals surface area contributed by atoms with Crippen LogP contribution in [-0.4, -0.2) is 37.0 Å². The second-order valence-electron chi connectivity index (χ2n) is 5.31. The number of hydrogen-bond donors (Lipinski definition) is 1. The summed E-state index contributed by atoms with van der Waals surface area (Å²) < 4.78 is 26.3. The third kappa shape index (κ3) is 4.44. The maximum atomic E-state index is 12.5. The highest BCUT2D eigenvalue weighted by molar-refractivity contribution is 7.89. The maximum absolute atomic E-state index is 12.5. The molecule has 2 aromatic rings. The molecule has 0 aliphatic heterocycles. The fourth-order valence-electron chi connectivity index (χ4n) is 2.35. The smallest absolute Gasteiger partial charge is 0.272 e. The zero-order valence-corrected chi connectivity index (χ0v) is 15.3. The molecule has 26 heavy (non-hydrogen) atoms. The summed E-state index contributed by atoms with van der Waals surface area (Å²) in [6.45, 7) is 4.00. The molecular formula is C17H20N4O4S. The van der Waals surface area contributed by atoms with E-state index in [1.54, 1.807) is 13.8 Å². The highest BCUT2D eigenvalue weighted by Crippen LogP contribution is 2.29. The molecule has 0 saturated heterocycles. The molecular weight excluding hydrogens is 356 g/mol. The number of hydrazone groups is 1. The predicted octanol–water partition coefficient (Wildman–Crippen LogP) is 3.07. The standard InChI is InChI=1S/C17H20N4O4S/c1-3-20(4-2)26(24,25)15-10-11-16(17(12-15)21(22)23)19-18-13-14-8-6-5-7-9-14/h5-13,19H,3-4H2,1-2H3/b18-13+. The number of benzene rings is 2. The van der Waals surface area contributed by atoms with Crippen molar-refractivity contribution in [3.05, 3.63) is 64.2 Å². The number of rotatable bonds is 8. The van der Waals surface area contributed by atoms with Crippen LogP contribution in [0.15, 0.2) is 58.5 Å². The molecule has 9 heteroatoms. The first kappa shape index (κ1) is 19.5. The minimum atomic E-state index is -3.77. The van der Waals surface area contributed by atoms with Gasteiger partial charge < -0.3 is 0 Å². The van der Waals surface area contributed by atoms with E-state index in [1.165, 1.54) is 22.7 Å². The normalized spacial score (nSPS) is 11.8. The van der Waals surface area contributed by atoms with E-state index in [-0.39, 0.29) is 29.4 Å². The van der Waals surface area contributed by atoms with E-state index in [9.17, 15) is 18.5 Å². The lowest BCUT2D eigenvalue weighted by molar-refractivity contribution is -0.384. The molecule has 138 valence electrons. The zero-order valence-electron chi connectivity index (χ0n) is 14.5. The molecule has 0 aromatic heterocycles. The van der Waals surface area contributed by atoms with Gasteiger partial charge in [-0.2, -0.15) is 9.41 Å². The molecule has 0 unspecified atom stereocenters. The van der Waals surface area contributed by atoms with Crippen molar-refractivity contribution in [3.63, 3.8) is 0 Å². The van der Waals surface area contributed by atoms with Crippen LogP contribution in [0.1, 0.15) is 19.4 Å². The lowest BCUT2D eigenvalue weighted by Gasteiger charge is -2.18. The minimum absolute atomic E-state index is 0.112. The molecule has 0 saturated carbocycles. The first-order valence-electron chi connectivity index (χ1n) is 8.02. The Kier molecular flexibility index (Phi) is 6.42. The molecule has 0 heterocycles. The molecule has 8 nitrogen and oxygen atoms in total. The average molecular weight is 376 g/mol. The topological polar surface area (TPSA) is 105 Å². The summed E-state index contributed by atoms with van der Waals surface area (Å²) in [5.74, 6) is 0. The highest BCUT2D eigenvalue weighted by atomic mass is 32.2. The van der Waals surface area contributed by atoms with Crippen molar-refractivity contribution in [2.24, 2.45) is 5.10 Å². The van der Waals surface area contributed by atoms with Gasteiger partial charge in [0.1, 0.15) is 5.69 Å². The van der Waals surface area contributed by atoms with Crippen LogP contribution in [0.3, 0.4) is 0 Å². The van der Waals surface area contributed by atoms with Gasteiger partial charge in [0.25, 0.3) is 5.69 Å². The Morgan fingerprint density at radius 3 is 2.38 bits per heavy atom. The molecule has 0 atom stereocenters. The van der Waals surface area contributed by atoms with Crippen LogP contribution < -0.4 is 5.43 Å². The van der Waals surface area contributed by atoms with Crippen LogP contribution >= 0.6 is 0 Å². The van der Waals surface area contributed by atoms with Gasteiger partial charge in [0.15, 0.2) is 0 Å². The van der Waals surface area contributed by atoms with Crippen LogP contribution in [0.5, 0.6) is 0 Å². The van der Waals surface area contributed by atoms with Crippen molar-refractivity contribution in [2.45, 2.75) is 18.7 Å². The highest BCUT2D eigenvalue weighted by Gasteiger charge is 2.25. The molecule has 0 spiro atoms. The first-order valence-corrected chi connectivity index (χ1v) is 9.46. The van der Waals surface area contributed by atoms with Gasteiger partial charge in [-0.25, -0.2) is 8.42 Å². The largest absolute Gasteiger partial charge is 0.295 e. The molecule has 0 fully saturated rings. The number of nitrogens with one attached hydrogen (secondary N) is 1. The van der Waals surface area contributed by atoms with E-state index in [1.807, 2.05) is 30.3 Å². The predicted molar refractivity (Wildman–Crippen MR) is 101 cm³/mol. The Bertz CT molecular complexity index is 894. The van der Waals surface area contributed by atoms with Crippen LogP contribution in [-0.2, 0) is 10.0 Å². The van der Waals surface area contributed by atoms with Gasteiger partial charge in [-0.05, 0) is 17.7 Å².